The summed E-state index contributed by atoms with van der Waals surface area (Å²) in [7, 11) is 0. The topological polar surface area (TPSA) is 49.3 Å². The SMILES string of the molecule is O=C(Nc1ccc(CCO)cc1)c1c(F)cccc1Br. The molecule has 0 saturated heterocycles. The molecule has 0 aliphatic carbocycles. The number of hydrogen-bond acceptors (Lipinski definition) is 2. The summed E-state index contributed by atoms with van der Waals surface area (Å²) in [6.07, 6.45) is 0.563. The molecule has 0 aromatic heterocycles. The first-order valence-corrected chi connectivity index (χ1v) is 6.86. The molecule has 0 spiro atoms. The van der Waals surface area contributed by atoms with E-state index in [0.29, 0.717) is 16.6 Å². The molecule has 0 saturated carbocycles. The summed E-state index contributed by atoms with van der Waals surface area (Å²) in [5, 5.41) is 11.5. The Bertz CT molecular complexity index is 594. The first-order chi connectivity index (χ1) is 9.61. The third kappa shape index (κ3) is 3.43. The Morgan fingerprint density at radius 3 is 2.50 bits per heavy atom. The van der Waals surface area contributed by atoms with E-state index >= 15 is 0 Å². The van der Waals surface area contributed by atoms with Gasteiger partial charge in [0.25, 0.3) is 5.91 Å². The molecule has 2 aromatic rings. The first kappa shape index (κ1) is 14.7. The third-order valence-corrected chi connectivity index (χ3v) is 3.46. The van der Waals surface area contributed by atoms with Crippen LogP contribution >= 0.6 is 15.9 Å². The van der Waals surface area contributed by atoms with Crippen LogP contribution in [-0.4, -0.2) is 17.6 Å². The van der Waals surface area contributed by atoms with Crippen LogP contribution in [0.5, 0.6) is 0 Å². The van der Waals surface area contributed by atoms with Crippen LogP contribution in [0.1, 0.15) is 15.9 Å². The Morgan fingerprint density at radius 1 is 1.20 bits per heavy atom. The largest absolute Gasteiger partial charge is 0.396 e. The molecule has 104 valence electrons. The number of carbonyl (C=O) groups is 1. The van der Waals surface area contributed by atoms with Crippen molar-refractivity contribution >= 4 is 27.5 Å². The van der Waals surface area contributed by atoms with Crippen molar-refractivity contribution in [3.05, 3.63) is 63.9 Å². The monoisotopic (exact) mass is 337 g/mol. The summed E-state index contributed by atoms with van der Waals surface area (Å²) in [5.74, 6) is -1.08. The summed E-state index contributed by atoms with van der Waals surface area (Å²) in [6.45, 7) is 0.0773. The van der Waals surface area contributed by atoms with E-state index in [1.54, 1.807) is 18.2 Å². The highest BCUT2D eigenvalue weighted by atomic mass is 79.9. The van der Waals surface area contributed by atoms with Gasteiger partial charge in [-0.3, -0.25) is 4.79 Å². The number of hydrogen-bond donors (Lipinski definition) is 2. The summed E-state index contributed by atoms with van der Waals surface area (Å²) in [6, 6.07) is 11.4. The summed E-state index contributed by atoms with van der Waals surface area (Å²) in [4.78, 5) is 12.0. The molecule has 0 unspecified atom stereocenters. The molecule has 2 rings (SSSR count). The molecule has 2 aromatic carbocycles. The van der Waals surface area contributed by atoms with E-state index in [0.717, 1.165) is 5.56 Å². The van der Waals surface area contributed by atoms with Crippen molar-refractivity contribution in [2.45, 2.75) is 6.42 Å². The average molecular weight is 338 g/mol. The normalized spacial score (nSPS) is 10.3. The highest BCUT2D eigenvalue weighted by molar-refractivity contribution is 9.10. The molecule has 0 aliphatic rings. The van der Waals surface area contributed by atoms with Crippen LogP contribution in [-0.2, 0) is 6.42 Å². The second-order valence-corrected chi connectivity index (χ2v) is 5.08. The number of nitrogens with one attached hydrogen (secondary N) is 1. The molecular weight excluding hydrogens is 325 g/mol. The van der Waals surface area contributed by atoms with Crippen LogP contribution in [0, 0.1) is 5.82 Å². The summed E-state index contributed by atoms with van der Waals surface area (Å²) in [5.41, 5.74) is 1.52. The molecule has 0 fully saturated rings. The van der Waals surface area contributed by atoms with Crippen LogP contribution in [0.2, 0.25) is 0 Å². The van der Waals surface area contributed by atoms with Gasteiger partial charge in [0.2, 0.25) is 0 Å². The lowest BCUT2D eigenvalue weighted by molar-refractivity contribution is 0.102. The molecule has 20 heavy (non-hydrogen) atoms. The predicted octanol–water partition coefficient (Wildman–Crippen LogP) is 3.38. The van der Waals surface area contributed by atoms with Crippen molar-refractivity contribution in [2.75, 3.05) is 11.9 Å². The molecule has 0 heterocycles. The van der Waals surface area contributed by atoms with E-state index in [-0.39, 0.29) is 12.2 Å². The van der Waals surface area contributed by atoms with Crippen LogP contribution in [0.25, 0.3) is 0 Å². The Labute approximate surface area is 124 Å². The molecule has 0 radical (unpaired) electrons. The van der Waals surface area contributed by atoms with E-state index in [1.807, 2.05) is 12.1 Å². The smallest absolute Gasteiger partial charge is 0.259 e. The number of rotatable bonds is 4. The van der Waals surface area contributed by atoms with Crippen molar-refractivity contribution in [3.63, 3.8) is 0 Å². The Morgan fingerprint density at radius 2 is 1.90 bits per heavy atom. The maximum Gasteiger partial charge on any atom is 0.259 e. The zero-order valence-corrected chi connectivity index (χ0v) is 12.2. The highest BCUT2D eigenvalue weighted by Gasteiger charge is 2.15. The van der Waals surface area contributed by atoms with E-state index < -0.39 is 11.7 Å². The van der Waals surface area contributed by atoms with Crippen LogP contribution in [0.4, 0.5) is 10.1 Å². The van der Waals surface area contributed by atoms with Gasteiger partial charge in [0, 0.05) is 16.8 Å². The van der Waals surface area contributed by atoms with Gasteiger partial charge in [-0.1, -0.05) is 18.2 Å². The van der Waals surface area contributed by atoms with Gasteiger partial charge < -0.3 is 10.4 Å². The minimum Gasteiger partial charge on any atom is -0.396 e. The third-order valence-electron chi connectivity index (χ3n) is 2.80. The highest BCUT2D eigenvalue weighted by Crippen LogP contribution is 2.21. The first-order valence-electron chi connectivity index (χ1n) is 6.07. The standard InChI is InChI=1S/C15H13BrFNO2/c16-12-2-1-3-13(17)14(12)15(20)18-11-6-4-10(5-7-11)8-9-19/h1-7,19H,8-9H2,(H,18,20). The Kier molecular flexibility index (Phi) is 4.87. The Hall–Kier alpha value is -1.72. The molecule has 1 amide bonds. The van der Waals surface area contributed by atoms with Crippen molar-refractivity contribution in [3.8, 4) is 0 Å². The van der Waals surface area contributed by atoms with Crippen molar-refractivity contribution in [2.24, 2.45) is 0 Å². The number of amides is 1. The van der Waals surface area contributed by atoms with Gasteiger partial charge in [0.05, 0.1) is 5.56 Å². The van der Waals surface area contributed by atoms with E-state index in [4.69, 9.17) is 5.11 Å². The van der Waals surface area contributed by atoms with Gasteiger partial charge >= 0.3 is 0 Å². The van der Waals surface area contributed by atoms with Crippen molar-refractivity contribution < 1.29 is 14.3 Å². The maximum absolute atomic E-state index is 13.6. The van der Waals surface area contributed by atoms with Gasteiger partial charge in [0.15, 0.2) is 0 Å². The van der Waals surface area contributed by atoms with E-state index in [9.17, 15) is 9.18 Å². The molecule has 5 heteroatoms. The van der Waals surface area contributed by atoms with Gasteiger partial charge in [-0.25, -0.2) is 4.39 Å². The fourth-order valence-electron chi connectivity index (χ4n) is 1.79. The van der Waals surface area contributed by atoms with Crippen LogP contribution in [0.15, 0.2) is 46.9 Å². The second kappa shape index (κ2) is 6.63. The van der Waals surface area contributed by atoms with Crippen molar-refractivity contribution in [1.82, 2.24) is 0 Å². The predicted molar refractivity (Wildman–Crippen MR) is 79.3 cm³/mol. The molecule has 0 bridgehead atoms. The lowest BCUT2D eigenvalue weighted by Crippen LogP contribution is -2.14. The average Bonchev–Trinajstić information content (AvgIpc) is 2.41. The number of carbonyl (C=O) groups excluding carboxylic acids is 1. The zero-order valence-electron chi connectivity index (χ0n) is 10.6. The molecule has 3 nitrogen and oxygen atoms in total. The summed E-state index contributed by atoms with van der Waals surface area (Å²) >= 11 is 3.16. The number of aliphatic hydroxyl groups excluding tert-OH is 1. The quantitative estimate of drug-likeness (QED) is 0.898. The van der Waals surface area contributed by atoms with Gasteiger partial charge in [-0.15, -0.1) is 0 Å². The minimum absolute atomic E-state index is 0.0214. The lowest BCUT2D eigenvalue weighted by atomic mass is 10.1. The fraction of sp³-hybridized carbons (Fsp3) is 0.133. The summed E-state index contributed by atoms with van der Waals surface area (Å²) < 4.78 is 14.1. The van der Waals surface area contributed by atoms with Gasteiger partial charge in [-0.2, -0.15) is 0 Å². The molecule has 0 aliphatic heterocycles. The van der Waals surface area contributed by atoms with Crippen molar-refractivity contribution in [1.29, 1.82) is 0 Å². The molecule has 2 N–H and O–H groups in total. The fourth-order valence-corrected chi connectivity index (χ4v) is 2.31. The second-order valence-electron chi connectivity index (χ2n) is 4.22. The molecular formula is C15H13BrFNO2. The van der Waals surface area contributed by atoms with E-state index in [2.05, 4.69) is 21.2 Å². The number of benzene rings is 2. The Balaban J connectivity index is 2.15. The minimum atomic E-state index is -0.575. The van der Waals surface area contributed by atoms with E-state index in [1.165, 1.54) is 12.1 Å². The van der Waals surface area contributed by atoms with Gasteiger partial charge in [0.1, 0.15) is 5.82 Å². The number of aliphatic hydroxyl groups is 1. The maximum atomic E-state index is 13.6. The lowest BCUT2D eigenvalue weighted by Gasteiger charge is -2.08. The number of halogens is 2. The number of anilines is 1. The van der Waals surface area contributed by atoms with Crippen LogP contribution in [0.3, 0.4) is 0 Å². The van der Waals surface area contributed by atoms with Crippen LogP contribution < -0.4 is 5.32 Å². The molecule has 0 atom stereocenters. The van der Waals surface area contributed by atoms with Gasteiger partial charge in [-0.05, 0) is 52.2 Å². The zero-order chi connectivity index (χ0) is 14.5.